The molecular weight excluding hydrogens is 150 g/mol. The highest BCUT2D eigenvalue weighted by Crippen LogP contribution is 2.12. The lowest BCUT2D eigenvalue weighted by molar-refractivity contribution is 0.890. The van der Waals surface area contributed by atoms with Gasteiger partial charge in [0.1, 0.15) is 5.52 Å². The number of H-pyrrole nitrogens is 1. The Bertz CT molecular complexity index is 378. The second-order valence-electron chi connectivity index (χ2n) is 2.81. The predicted molar refractivity (Wildman–Crippen MR) is 47.9 cm³/mol. The van der Waals surface area contributed by atoms with Crippen molar-refractivity contribution in [2.75, 3.05) is 0 Å². The number of hydrogen-bond acceptors (Lipinski definition) is 2. The van der Waals surface area contributed by atoms with Crippen molar-refractivity contribution in [3.63, 3.8) is 0 Å². The van der Waals surface area contributed by atoms with E-state index >= 15 is 0 Å². The van der Waals surface area contributed by atoms with Gasteiger partial charge in [0.25, 0.3) is 0 Å². The monoisotopic (exact) mass is 161 g/mol. The SMILES string of the molecule is CCCc1nccc2[nH]cnc12. The first-order chi connectivity index (χ1) is 5.92. The summed E-state index contributed by atoms with van der Waals surface area (Å²) in [6.45, 7) is 2.15. The number of nitrogens with zero attached hydrogens (tertiary/aromatic N) is 2. The van der Waals surface area contributed by atoms with Gasteiger partial charge < -0.3 is 4.98 Å². The van der Waals surface area contributed by atoms with Crippen LogP contribution in [0.3, 0.4) is 0 Å². The van der Waals surface area contributed by atoms with Crippen LogP contribution in [0.1, 0.15) is 19.0 Å². The Labute approximate surface area is 70.9 Å². The van der Waals surface area contributed by atoms with Gasteiger partial charge in [-0.25, -0.2) is 4.98 Å². The highest BCUT2D eigenvalue weighted by atomic mass is 14.9. The van der Waals surface area contributed by atoms with Crippen LogP contribution < -0.4 is 0 Å². The molecular formula is C9H11N3. The van der Waals surface area contributed by atoms with Gasteiger partial charge in [0.05, 0.1) is 17.5 Å². The molecule has 0 atom stereocenters. The molecule has 0 aromatic carbocycles. The lowest BCUT2D eigenvalue weighted by Gasteiger charge is -1.96. The second kappa shape index (κ2) is 2.93. The fourth-order valence-corrected chi connectivity index (χ4v) is 1.34. The van der Waals surface area contributed by atoms with Crippen molar-refractivity contribution >= 4 is 11.0 Å². The average molecular weight is 161 g/mol. The number of aromatic amines is 1. The Kier molecular flexibility index (Phi) is 1.78. The highest BCUT2D eigenvalue weighted by Gasteiger charge is 2.02. The molecule has 0 aliphatic rings. The maximum Gasteiger partial charge on any atom is 0.110 e. The summed E-state index contributed by atoms with van der Waals surface area (Å²) in [5.74, 6) is 0. The molecule has 62 valence electrons. The van der Waals surface area contributed by atoms with Crippen LogP contribution in [0.4, 0.5) is 0 Å². The van der Waals surface area contributed by atoms with Crippen LogP contribution in [0.25, 0.3) is 11.0 Å². The topological polar surface area (TPSA) is 41.6 Å². The third-order valence-corrected chi connectivity index (χ3v) is 1.90. The Hall–Kier alpha value is -1.38. The third kappa shape index (κ3) is 1.07. The molecule has 0 amide bonds. The number of fused-ring (bicyclic) bond motifs is 1. The van der Waals surface area contributed by atoms with Crippen molar-refractivity contribution in [3.8, 4) is 0 Å². The normalized spacial score (nSPS) is 10.8. The first-order valence-corrected chi connectivity index (χ1v) is 4.18. The van der Waals surface area contributed by atoms with E-state index in [1.165, 1.54) is 0 Å². The molecule has 0 saturated heterocycles. The quantitative estimate of drug-likeness (QED) is 0.731. The van der Waals surface area contributed by atoms with Crippen molar-refractivity contribution in [2.45, 2.75) is 19.8 Å². The van der Waals surface area contributed by atoms with Crippen molar-refractivity contribution in [1.29, 1.82) is 0 Å². The summed E-state index contributed by atoms with van der Waals surface area (Å²) < 4.78 is 0. The van der Waals surface area contributed by atoms with Crippen LogP contribution in [0.5, 0.6) is 0 Å². The van der Waals surface area contributed by atoms with Crippen LogP contribution in [0.15, 0.2) is 18.6 Å². The second-order valence-corrected chi connectivity index (χ2v) is 2.81. The van der Waals surface area contributed by atoms with E-state index in [9.17, 15) is 0 Å². The number of nitrogens with one attached hydrogen (secondary N) is 1. The molecule has 2 heterocycles. The van der Waals surface area contributed by atoms with Crippen molar-refractivity contribution < 1.29 is 0 Å². The number of pyridine rings is 1. The van der Waals surface area contributed by atoms with Gasteiger partial charge in [-0.3, -0.25) is 4.98 Å². The van der Waals surface area contributed by atoms with E-state index < -0.39 is 0 Å². The van der Waals surface area contributed by atoms with Gasteiger partial charge >= 0.3 is 0 Å². The molecule has 0 fully saturated rings. The van der Waals surface area contributed by atoms with E-state index in [0.717, 1.165) is 29.6 Å². The lowest BCUT2D eigenvalue weighted by atomic mass is 10.2. The molecule has 0 saturated carbocycles. The van der Waals surface area contributed by atoms with E-state index in [0.29, 0.717) is 0 Å². The smallest absolute Gasteiger partial charge is 0.110 e. The van der Waals surface area contributed by atoms with Crippen molar-refractivity contribution in [1.82, 2.24) is 15.0 Å². The summed E-state index contributed by atoms with van der Waals surface area (Å²) in [4.78, 5) is 11.6. The van der Waals surface area contributed by atoms with Crippen LogP contribution in [-0.2, 0) is 6.42 Å². The summed E-state index contributed by atoms with van der Waals surface area (Å²) in [5.41, 5.74) is 3.18. The molecule has 2 aromatic heterocycles. The van der Waals surface area contributed by atoms with Crippen molar-refractivity contribution in [2.24, 2.45) is 0 Å². The maximum absolute atomic E-state index is 4.29. The standard InChI is InChI=1S/C9H11N3/c1-2-3-7-9-8(4-5-10-7)11-6-12-9/h4-6H,2-3H2,1H3,(H,11,12). The number of rotatable bonds is 2. The molecule has 0 spiro atoms. The van der Waals surface area contributed by atoms with Crippen molar-refractivity contribution in [3.05, 3.63) is 24.3 Å². The summed E-state index contributed by atoms with van der Waals surface area (Å²) in [5, 5.41) is 0. The number of imidazole rings is 1. The molecule has 1 N–H and O–H groups in total. The summed E-state index contributed by atoms with van der Waals surface area (Å²) in [6, 6.07) is 1.95. The van der Waals surface area contributed by atoms with Gasteiger partial charge in [0.15, 0.2) is 0 Å². The van der Waals surface area contributed by atoms with E-state index in [2.05, 4.69) is 21.9 Å². The van der Waals surface area contributed by atoms with Gasteiger partial charge in [-0.1, -0.05) is 13.3 Å². The fourth-order valence-electron chi connectivity index (χ4n) is 1.34. The Balaban J connectivity index is 2.57. The van der Waals surface area contributed by atoms with E-state index in [4.69, 9.17) is 0 Å². The zero-order chi connectivity index (χ0) is 8.39. The van der Waals surface area contributed by atoms with Crippen LogP contribution in [-0.4, -0.2) is 15.0 Å². The molecule has 12 heavy (non-hydrogen) atoms. The number of hydrogen-bond donors (Lipinski definition) is 1. The molecule has 0 radical (unpaired) electrons. The first-order valence-electron chi connectivity index (χ1n) is 4.18. The molecule has 3 nitrogen and oxygen atoms in total. The number of aromatic nitrogens is 3. The fraction of sp³-hybridized carbons (Fsp3) is 0.333. The molecule has 0 bridgehead atoms. The minimum atomic E-state index is 1.00. The molecule has 2 aromatic rings. The zero-order valence-electron chi connectivity index (χ0n) is 7.04. The molecule has 0 unspecified atom stereocenters. The molecule has 2 rings (SSSR count). The van der Waals surface area contributed by atoms with Crippen LogP contribution in [0.2, 0.25) is 0 Å². The van der Waals surface area contributed by atoms with E-state index in [1.807, 2.05) is 12.3 Å². The Morgan fingerprint density at radius 3 is 3.17 bits per heavy atom. The van der Waals surface area contributed by atoms with Crippen LogP contribution in [0, 0.1) is 0 Å². The highest BCUT2D eigenvalue weighted by molar-refractivity contribution is 5.76. The van der Waals surface area contributed by atoms with Gasteiger partial charge in [0.2, 0.25) is 0 Å². The minimum absolute atomic E-state index is 1.00. The Morgan fingerprint density at radius 1 is 1.42 bits per heavy atom. The predicted octanol–water partition coefficient (Wildman–Crippen LogP) is 1.91. The first kappa shape index (κ1) is 7.28. The zero-order valence-corrected chi connectivity index (χ0v) is 7.04. The summed E-state index contributed by atoms with van der Waals surface area (Å²) in [6.07, 6.45) is 5.65. The van der Waals surface area contributed by atoms with Gasteiger partial charge in [0, 0.05) is 6.20 Å². The third-order valence-electron chi connectivity index (χ3n) is 1.90. The maximum atomic E-state index is 4.29. The summed E-state index contributed by atoms with van der Waals surface area (Å²) >= 11 is 0. The largest absolute Gasteiger partial charge is 0.344 e. The van der Waals surface area contributed by atoms with Gasteiger partial charge in [-0.2, -0.15) is 0 Å². The van der Waals surface area contributed by atoms with E-state index in [1.54, 1.807) is 6.33 Å². The number of aryl methyl sites for hydroxylation is 1. The van der Waals surface area contributed by atoms with Gasteiger partial charge in [-0.05, 0) is 12.5 Å². The molecule has 3 heteroatoms. The van der Waals surface area contributed by atoms with E-state index in [-0.39, 0.29) is 0 Å². The molecule has 0 aliphatic carbocycles. The Morgan fingerprint density at radius 2 is 2.33 bits per heavy atom. The lowest BCUT2D eigenvalue weighted by Crippen LogP contribution is -1.89. The van der Waals surface area contributed by atoms with Gasteiger partial charge in [-0.15, -0.1) is 0 Å². The summed E-state index contributed by atoms with van der Waals surface area (Å²) in [7, 11) is 0. The average Bonchev–Trinajstić information content (AvgIpc) is 2.53. The van der Waals surface area contributed by atoms with Crippen LogP contribution >= 0.6 is 0 Å². The minimum Gasteiger partial charge on any atom is -0.344 e. The molecule has 0 aliphatic heterocycles.